The lowest BCUT2D eigenvalue weighted by Gasteiger charge is -2.34. The van der Waals surface area contributed by atoms with E-state index in [0.29, 0.717) is 6.54 Å². The summed E-state index contributed by atoms with van der Waals surface area (Å²) in [5.74, 6) is 0.0536. The standard InChI is InChI=1S/C20H26N4O/c1-16-5-7-18(8-6-16)22-20(25)15-24-12-10-23(11-13-24)14-19-17(2)4-3-9-21-19/h3-9H,10-15H2,1-2H3,(H,22,25). The van der Waals surface area contributed by atoms with Crippen LogP contribution in [0.5, 0.6) is 0 Å². The molecule has 0 spiro atoms. The van der Waals surface area contributed by atoms with E-state index in [1.54, 1.807) is 0 Å². The minimum absolute atomic E-state index is 0.0536. The van der Waals surface area contributed by atoms with Crippen molar-refractivity contribution in [3.63, 3.8) is 0 Å². The number of carbonyl (C=O) groups excluding carboxylic acids is 1. The molecule has 0 radical (unpaired) electrons. The predicted molar refractivity (Wildman–Crippen MR) is 100 cm³/mol. The van der Waals surface area contributed by atoms with Crippen LogP contribution in [0.25, 0.3) is 0 Å². The number of aryl methyl sites for hydroxylation is 2. The number of carbonyl (C=O) groups is 1. The van der Waals surface area contributed by atoms with Crippen LogP contribution >= 0.6 is 0 Å². The Balaban J connectivity index is 1.43. The third-order valence-electron chi connectivity index (χ3n) is 4.66. The van der Waals surface area contributed by atoms with E-state index < -0.39 is 0 Å². The molecule has 1 aromatic heterocycles. The van der Waals surface area contributed by atoms with Crippen LogP contribution in [0.3, 0.4) is 0 Å². The number of nitrogens with zero attached hydrogens (tertiary/aromatic N) is 3. The molecule has 0 saturated carbocycles. The zero-order valence-electron chi connectivity index (χ0n) is 15.0. The van der Waals surface area contributed by atoms with Crippen molar-refractivity contribution in [1.82, 2.24) is 14.8 Å². The Morgan fingerprint density at radius 2 is 1.72 bits per heavy atom. The average molecular weight is 338 g/mol. The number of pyridine rings is 1. The van der Waals surface area contributed by atoms with Gasteiger partial charge in [0, 0.05) is 44.6 Å². The summed E-state index contributed by atoms with van der Waals surface area (Å²) in [4.78, 5) is 21.3. The zero-order chi connectivity index (χ0) is 17.6. The SMILES string of the molecule is Cc1ccc(NC(=O)CN2CCN(Cc3ncccc3C)CC2)cc1. The molecule has 0 aliphatic carbocycles. The van der Waals surface area contributed by atoms with Crippen molar-refractivity contribution in [2.24, 2.45) is 0 Å². The van der Waals surface area contributed by atoms with Crippen molar-refractivity contribution < 1.29 is 4.79 Å². The van der Waals surface area contributed by atoms with Gasteiger partial charge in [0.05, 0.1) is 12.2 Å². The topological polar surface area (TPSA) is 48.5 Å². The largest absolute Gasteiger partial charge is 0.325 e. The summed E-state index contributed by atoms with van der Waals surface area (Å²) >= 11 is 0. The number of hydrogen-bond donors (Lipinski definition) is 1. The van der Waals surface area contributed by atoms with Gasteiger partial charge in [-0.05, 0) is 37.6 Å². The first kappa shape index (κ1) is 17.6. The van der Waals surface area contributed by atoms with Gasteiger partial charge in [0.1, 0.15) is 0 Å². The van der Waals surface area contributed by atoms with Crippen molar-refractivity contribution in [2.45, 2.75) is 20.4 Å². The molecule has 1 fully saturated rings. The normalized spacial score (nSPS) is 15.9. The van der Waals surface area contributed by atoms with Crippen molar-refractivity contribution in [1.29, 1.82) is 0 Å². The fourth-order valence-corrected chi connectivity index (χ4v) is 3.04. The summed E-state index contributed by atoms with van der Waals surface area (Å²) in [5.41, 5.74) is 4.44. The fourth-order valence-electron chi connectivity index (χ4n) is 3.04. The van der Waals surface area contributed by atoms with Crippen molar-refractivity contribution in [3.05, 3.63) is 59.4 Å². The minimum Gasteiger partial charge on any atom is -0.325 e. The third kappa shape index (κ3) is 5.11. The highest BCUT2D eigenvalue weighted by Gasteiger charge is 2.19. The molecule has 0 unspecified atom stereocenters. The van der Waals surface area contributed by atoms with Gasteiger partial charge in [-0.2, -0.15) is 0 Å². The van der Waals surface area contributed by atoms with Crippen molar-refractivity contribution in [3.8, 4) is 0 Å². The van der Waals surface area contributed by atoms with Gasteiger partial charge in [-0.25, -0.2) is 0 Å². The van der Waals surface area contributed by atoms with Gasteiger partial charge in [0.25, 0.3) is 0 Å². The fraction of sp³-hybridized carbons (Fsp3) is 0.400. The molecule has 1 amide bonds. The molecule has 25 heavy (non-hydrogen) atoms. The van der Waals surface area contributed by atoms with Crippen molar-refractivity contribution in [2.75, 3.05) is 38.0 Å². The van der Waals surface area contributed by atoms with E-state index in [1.165, 1.54) is 11.1 Å². The van der Waals surface area contributed by atoms with Gasteiger partial charge in [-0.3, -0.25) is 19.6 Å². The van der Waals surface area contributed by atoms with Gasteiger partial charge in [-0.15, -0.1) is 0 Å². The minimum atomic E-state index is 0.0536. The van der Waals surface area contributed by atoms with E-state index in [2.05, 4.69) is 33.1 Å². The molecule has 1 N–H and O–H groups in total. The lowest BCUT2D eigenvalue weighted by atomic mass is 10.2. The number of anilines is 1. The van der Waals surface area contributed by atoms with Crippen LogP contribution in [0, 0.1) is 13.8 Å². The quantitative estimate of drug-likeness (QED) is 0.910. The number of rotatable bonds is 5. The first-order valence-electron chi connectivity index (χ1n) is 8.82. The second-order valence-corrected chi connectivity index (χ2v) is 6.73. The van der Waals surface area contributed by atoms with Gasteiger partial charge < -0.3 is 5.32 Å². The second-order valence-electron chi connectivity index (χ2n) is 6.73. The molecule has 5 nitrogen and oxygen atoms in total. The Morgan fingerprint density at radius 3 is 2.40 bits per heavy atom. The van der Waals surface area contributed by atoms with Crippen LogP contribution in [-0.2, 0) is 11.3 Å². The monoisotopic (exact) mass is 338 g/mol. The molecule has 1 aromatic carbocycles. The molecule has 1 aliphatic heterocycles. The number of nitrogens with one attached hydrogen (secondary N) is 1. The Kier molecular flexibility index (Phi) is 5.79. The van der Waals surface area contributed by atoms with Crippen molar-refractivity contribution >= 4 is 11.6 Å². The predicted octanol–water partition coefficient (Wildman–Crippen LogP) is 2.45. The molecule has 0 atom stereocenters. The Morgan fingerprint density at radius 1 is 1.04 bits per heavy atom. The van der Waals surface area contributed by atoms with E-state index in [0.717, 1.165) is 44.1 Å². The summed E-state index contributed by atoms with van der Waals surface area (Å²) in [6.45, 7) is 9.23. The average Bonchev–Trinajstić information content (AvgIpc) is 2.61. The Hall–Kier alpha value is -2.24. The smallest absolute Gasteiger partial charge is 0.238 e. The summed E-state index contributed by atoms with van der Waals surface area (Å²) in [6, 6.07) is 12.0. The highest BCUT2D eigenvalue weighted by atomic mass is 16.2. The van der Waals surface area contributed by atoms with Crippen LogP contribution in [0.2, 0.25) is 0 Å². The van der Waals surface area contributed by atoms with Gasteiger partial charge in [-0.1, -0.05) is 23.8 Å². The van der Waals surface area contributed by atoms with Gasteiger partial charge in [0.2, 0.25) is 5.91 Å². The van der Waals surface area contributed by atoms with E-state index in [1.807, 2.05) is 43.5 Å². The maximum Gasteiger partial charge on any atom is 0.238 e. The van der Waals surface area contributed by atoms with Crippen LogP contribution in [0.4, 0.5) is 5.69 Å². The highest BCUT2D eigenvalue weighted by Crippen LogP contribution is 2.11. The lowest BCUT2D eigenvalue weighted by Crippen LogP contribution is -2.48. The van der Waals surface area contributed by atoms with E-state index in [-0.39, 0.29) is 5.91 Å². The zero-order valence-corrected chi connectivity index (χ0v) is 15.0. The summed E-state index contributed by atoms with van der Waals surface area (Å²) < 4.78 is 0. The molecule has 3 rings (SSSR count). The maximum absolute atomic E-state index is 12.2. The summed E-state index contributed by atoms with van der Waals surface area (Å²) in [5, 5.41) is 2.97. The molecule has 2 aromatic rings. The molecule has 0 bridgehead atoms. The number of hydrogen-bond acceptors (Lipinski definition) is 4. The molecule has 1 aliphatic rings. The number of benzene rings is 1. The summed E-state index contributed by atoms with van der Waals surface area (Å²) in [7, 11) is 0. The summed E-state index contributed by atoms with van der Waals surface area (Å²) in [6.07, 6.45) is 1.86. The van der Waals surface area contributed by atoms with E-state index >= 15 is 0 Å². The van der Waals surface area contributed by atoms with Crippen LogP contribution in [-0.4, -0.2) is 53.4 Å². The molecule has 2 heterocycles. The lowest BCUT2D eigenvalue weighted by molar-refractivity contribution is -0.117. The Bertz CT molecular complexity index is 706. The van der Waals surface area contributed by atoms with E-state index in [9.17, 15) is 4.79 Å². The number of amides is 1. The van der Waals surface area contributed by atoms with Crippen LogP contribution < -0.4 is 5.32 Å². The molecular formula is C20H26N4O. The first-order valence-corrected chi connectivity index (χ1v) is 8.82. The highest BCUT2D eigenvalue weighted by molar-refractivity contribution is 5.92. The number of piperazine rings is 1. The molecule has 132 valence electrons. The Labute approximate surface area is 149 Å². The van der Waals surface area contributed by atoms with Gasteiger partial charge in [0.15, 0.2) is 0 Å². The molecular weight excluding hydrogens is 312 g/mol. The van der Waals surface area contributed by atoms with Crippen LogP contribution in [0.15, 0.2) is 42.6 Å². The number of aromatic nitrogens is 1. The van der Waals surface area contributed by atoms with Gasteiger partial charge >= 0.3 is 0 Å². The first-order chi connectivity index (χ1) is 12.1. The molecule has 1 saturated heterocycles. The molecule has 5 heteroatoms. The second kappa shape index (κ2) is 8.23. The third-order valence-corrected chi connectivity index (χ3v) is 4.66. The van der Waals surface area contributed by atoms with E-state index in [4.69, 9.17) is 0 Å². The van der Waals surface area contributed by atoms with Crippen LogP contribution in [0.1, 0.15) is 16.8 Å². The maximum atomic E-state index is 12.2.